The number of carbonyl (C=O) groups is 1. The maximum absolute atomic E-state index is 10.7. The van der Waals surface area contributed by atoms with Crippen LogP contribution in [0.1, 0.15) is 12.8 Å². The van der Waals surface area contributed by atoms with E-state index in [-0.39, 0.29) is 18.5 Å². The Morgan fingerprint density at radius 1 is 1.55 bits per heavy atom. The zero-order chi connectivity index (χ0) is 8.69. The average Bonchev–Trinajstić information content (AvgIpc) is 2.03. The van der Waals surface area contributed by atoms with Gasteiger partial charge in [0, 0.05) is 7.11 Å². The summed E-state index contributed by atoms with van der Waals surface area (Å²) < 4.78 is 9.45. The van der Waals surface area contributed by atoms with Crippen molar-refractivity contribution in [3.8, 4) is 0 Å². The van der Waals surface area contributed by atoms with Gasteiger partial charge in [-0.3, -0.25) is 4.79 Å². The van der Waals surface area contributed by atoms with Crippen LogP contribution in [-0.4, -0.2) is 32.8 Å². The molecule has 0 radical (unpaired) electrons. The van der Waals surface area contributed by atoms with Gasteiger partial charge in [0.1, 0.15) is 0 Å². The third-order valence-electron chi connectivity index (χ3n) is 1.44. The summed E-state index contributed by atoms with van der Waals surface area (Å²) in [6.45, 7) is 0.523. The Morgan fingerprint density at radius 2 is 2.18 bits per heavy atom. The van der Waals surface area contributed by atoms with E-state index < -0.39 is 0 Å². The second-order valence-electron chi connectivity index (χ2n) is 2.22. The summed E-state index contributed by atoms with van der Waals surface area (Å²) in [7, 11) is 2.92. The molecule has 0 aliphatic carbocycles. The predicted octanol–water partition coefficient (Wildman–Crippen LogP) is -0.0867. The fourth-order valence-corrected chi connectivity index (χ4v) is 0.758. The van der Waals surface area contributed by atoms with Crippen molar-refractivity contribution in [3.05, 3.63) is 0 Å². The zero-order valence-electron chi connectivity index (χ0n) is 7.00. The molecule has 1 unspecified atom stereocenters. The summed E-state index contributed by atoms with van der Waals surface area (Å²) in [5.41, 5.74) is 5.29. The lowest BCUT2D eigenvalue weighted by atomic mass is 10.2. The van der Waals surface area contributed by atoms with Gasteiger partial charge >= 0.3 is 5.97 Å². The van der Waals surface area contributed by atoms with E-state index in [2.05, 4.69) is 4.74 Å². The lowest BCUT2D eigenvalue weighted by Crippen LogP contribution is -2.20. The summed E-state index contributed by atoms with van der Waals surface area (Å²) in [6, 6.07) is 0. The minimum absolute atomic E-state index is 0.104. The Hall–Kier alpha value is -0.610. The van der Waals surface area contributed by atoms with Gasteiger partial charge in [0.15, 0.2) is 0 Å². The van der Waals surface area contributed by atoms with Crippen LogP contribution in [0.4, 0.5) is 0 Å². The molecule has 0 aliphatic rings. The summed E-state index contributed by atoms with van der Waals surface area (Å²) in [5.74, 6) is -0.259. The molecule has 0 aromatic rings. The van der Waals surface area contributed by atoms with Crippen LogP contribution in [0.5, 0.6) is 0 Å². The highest BCUT2D eigenvalue weighted by molar-refractivity contribution is 5.69. The molecule has 0 aliphatic heterocycles. The maximum atomic E-state index is 10.7. The summed E-state index contributed by atoms with van der Waals surface area (Å²) >= 11 is 0. The van der Waals surface area contributed by atoms with E-state index in [1.807, 2.05) is 0 Å². The molecule has 0 saturated heterocycles. The number of ether oxygens (including phenoxy) is 2. The van der Waals surface area contributed by atoms with Crippen LogP contribution in [0.25, 0.3) is 0 Å². The molecular formula is C7H15NO3. The minimum atomic E-state index is -0.259. The van der Waals surface area contributed by atoms with Crippen molar-refractivity contribution in [2.45, 2.75) is 18.9 Å². The zero-order valence-corrected chi connectivity index (χ0v) is 7.00. The van der Waals surface area contributed by atoms with Crippen molar-refractivity contribution in [2.24, 2.45) is 5.73 Å². The summed E-state index contributed by atoms with van der Waals surface area (Å²) in [6.07, 6.45) is 0.864. The first-order valence-corrected chi connectivity index (χ1v) is 3.54. The van der Waals surface area contributed by atoms with Gasteiger partial charge in [-0.1, -0.05) is 0 Å². The van der Waals surface area contributed by atoms with Crippen LogP contribution in [0, 0.1) is 0 Å². The standard InChI is InChI=1S/C7H15NO3/c1-10-6(3-4-8)5-7(9)11-2/h6H,3-5,8H2,1-2H3. The van der Waals surface area contributed by atoms with Gasteiger partial charge in [-0.25, -0.2) is 0 Å². The van der Waals surface area contributed by atoms with Crippen molar-refractivity contribution in [2.75, 3.05) is 20.8 Å². The highest BCUT2D eigenvalue weighted by Crippen LogP contribution is 2.02. The van der Waals surface area contributed by atoms with Crippen molar-refractivity contribution < 1.29 is 14.3 Å². The van der Waals surface area contributed by atoms with E-state index in [1.165, 1.54) is 7.11 Å². The summed E-state index contributed by atoms with van der Waals surface area (Å²) in [5, 5.41) is 0. The van der Waals surface area contributed by atoms with Crippen LogP contribution in [0.2, 0.25) is 0 Å². The molecule has 2 N–H and O–H groups in total. The number of rotatable bonds is 5. The lowest BCUT2D eigenvalue weighted by molar-refractivity contribution is -0.143. The van der Waals surface area contributed by atoms with Crippen LogP contribution in [-0.2, 0) is 14.3 Å². The fourth-order valence-electron chi connectivity index (χ4n) is 0.758. The Bertz CT molecular complexity index is 116. The Morgan fingerprint density at radius 3 is 2.55 bits per heavy atom. The third-order valence-corrected chi connectivity index (χ3v) is 1.44. The van der Waals surface area contributed by atoms with Crippen LogP contribution >= 0.6 is 0 Å². The number of methoxy groups -OCH3 is 2. The van der Waals surface area contributed by atoms with Crippen molar-refractivity contribution in [1.82, 2.24) is 0 Å². The molecule has 1 atom stereocenters. The summed E-state index contributed by atoms with van der Waals surface area (Å²) in [4.78, 5) is 10.7. The first kappa shape index (κ1) is 10.4. The highest BCUT2D eigenvalue weighted by atomic mass is 16.5. The average molecular weight is 161 g/mol. The number of hydrogen-bond acceptors (Lipinski definition) is 4. The van der Waals surface area contributed by atoms with E-state index in [4.69, 9.17) is 10.5 Å². The van der Waals surface area contributed by atoms with Gasteiger partial charge < -0.3 is 15.2 Å². The molecule has 4 nitrogen and oxygen atoms in total. The topological polar surface area (TPSA) is 61.5 Å². The van der Waals surface area contributed by atoms with E-state index >= 15 is 0 Å². The van der Waals surface area contributed by atoms with Crippen molar-refractivity contribution >= 4 is 5.97 Å². The van der Waals surface area contributed by atoms with Gasteiger partial charge in [0.05, 0.1) is 19.6 Å². The molecule has 0 aromatic carbocycles. The van der Waals surface area contributed by atoms with Crippen molar-refractivity contribution in [1.29, 1.82) is 0 Å². The maximum Gasteiger partial charge on any atom is 0.308 e. The van der Waals surface area contributed by atoms with E-state index in [1.54, 1.807) is 7.11 Å². The molecule has 0 aromatic heterocycles. The molecule has 0 bridgehead atoms. The minimum Gasteiger partial charge on any atom is -0.469 e. The van der Waals surface area contributed by atoms with Gasteiger partial charge in [-0.15, -0.1) is 0 Å². The smallest absolute Gasteiger partial charge is 0.308 e. The van der Waals surface area contributed by atoms with Crippen LogP contribution < -0.4 is 5.73 Å². The van der Waals surface area contributed by atoms with E-state index in [0.29, 0.717) is 13.0 Å². The van der Waals surface area contributed by atoms with Crippen LogP contribution in [0.15, 0.2) is 0 Å². The Balaban J connectivity index is 3.58. The van der Waals surface area contributed by atoms with E-state index in [0.717, 1.165) is 0 Å². The lowest BCUT2D eigenvalue weighted by Gasteiger charge is -2.11. The SMILES string of the molecule is COC(=O)CC(CCN)OC. The number of hydrogen-bond donors (Lipinski definition) is 1. The van der Waals surface area contributed by atoms with Crippen molar-refractivity contribution in [3.63, 3.8) is 0 Å². The third kappa shape index (κ3) is 4.75. The molecular weight excluding hydrogens is 146 g/mol. The predicted molar refractivity (Wildman–Crippen MR) is 41.1 cm³/mol. The molecule has 0 spiro atoms. The first-order valence-electron chi connectivity index (χ1n) is 3.54. The quantitative estimate of drug-likeness (QED) is 0.572. The molecule has 11 heavy (non-hydrogen) atoms. The molecule has 0 amide bonds. The largest absolute Gasteiger partial charge is 0.469 e. The normalized spacial score (nSPS) is 12.6. The van der Waals surface area contributed by atoms with Gasteiger partial charge in [0.25, 0.3) is 0 Å². The fraction of sp³-hybridized carbons (Fsp3) is 0.857. The molecule has 0 fully saturated rings. The second kappa shape index (κ2) is 6.12. The molecule has 4 heteroatoms. The van der Waals surface area contributed by atoms with Gasteiger partial charge in [-0.2, -0.15) is 0 Å². The number of nitrogens with two attached hydrogens (primary N) is 1. The van der Waals surface area contributed by atoms with Gasteiger partial charge in [0.2, 0.25) is 0 Å². The molecule has 0 saturated carbocycles. The molecule has 0 rings (SSSR count). The van der Waals surface area contributed by atoms with E-state index in [9.17, 15) is 4.79 Å². The number of esters is 1. The highest BCUT2D eigenvalue weighted by Gasteiger charge is 2.11. The molecule has 66 valence electrons. The Kier molecular flexibility index (Phi) is 5.78. The first-order chi connectivity index (χ1) is 5.24. The second-order valence-corrected chi connectivity index (χ2v) is 2.22. The number of carbonyl (C=O) groups excluding carboxylic acids is 1. The molecule has 0 heterocycles. The monoisotopic (exact) mass is 161 g/mol. The van der Waals surface area contributed by atoms with Crippen LogP contribution in [0.3, 0.4) is 0 Å². The Labute approximate surface area is 66.7 Å². The van der Waals surface area contributed by atoms with Gasteiger partial charge in [-0.05, 0) is 13.0 Å².